The Balaban J connectivity index is 1.31. The molecule has 3 heterocycles. The molecule has 33 heavy (non-hydrogen) atoms. The van der Waals surface area contributed by atoms with Crippen LogP contribution in [0, 0.1) is 0 Å². The van der Waals surface area contributed by atoms with Crippen molar-refractivity contribution in [3.8, 4) is 5.75 Å². The van der Waals surface area contributed by atoms with Gasteiger partial charge in [-0.25, -0.2) is 9.97 Å². The van der Waals surface area contributed by atoms with Crippen LogP contribution in [0.3, 0.4) is 0 Å². The van der Waals surface area contributed by atoms with E-state index in [0.29, 0.717) is 16.1 Å². The maximum Gasteiger partial charge on any atom is 0.233 e. The van der Waals surface area contributed by atoms with Crippen molar-refractivity contribution in [1.29, 1.82) is 0 Å². The number of likely N-dealkylation sites (N-methyl/N-ethyl adjacent to an activating group) is 1. The van der Waals surface area contributed by atoms with Gasteiger partial charge < -0.3 is 24.3 Å². The second-order valence-corrected chi connectivity index (χ2v) is 9.44. The van der Waals surface area contributed by atoms with Crippen molar-refractivity contribution < 1.29 is 9.53 Å². The van der Waals surface area contributed by atoms with Crippen LogP contribution in [-0.4, -0.2) is 97.4 Å². The number of anilines is 2. The van der Waals surface area contributed by atoms with Crippen LogP contribution in [0.1, 0.15) is 6.92 Å². The van der Waals surface area contributed by atoms with Crippen molar-refractivity contribution in [3.05, 3.63) is 35.5 Å². The van der Waals surface area contributed by atoms with E-state index in [9.17, 15) is 4.79 Å². The van der Waals surface area contributed by atoms with Gasteiger partial charge in [0.1, 0.15) is 16.7 Å². The summed E-state index contributed by atoms with van der Waals surface area (Å²) in [6.07, 6.45) is 0. The van der Waals surface area contributed by atoms with E-state index in [1.165, 1.54) is 17.4 Å². The molecule has 0 spiro atoms. The number of carbonyl (C=O) groups is 1. The molecule has 0 aliphatic carbocycles. The first-order valence-electron chi connectivity index (χ1n) is 11.4. The first-order chi connectivity index (χ1) is 16.1. The molecule has 8 nitrogen and oxygen atoms in total. The highest BCUT2D eigenvalue weighted by molar-refractivity contribution is 7.99. The summed E-state index contributed by atoms with van der Waals surface area (Å²) < 4.78 is 5.25. The fraction of sp³-hybridized carbons (Fsp3) is 0.522. The molecule has 178 valence electrons. The minimum absolute atomic E-state index is 0.133. The molecule has 0 saturated carbocycles. The molecular weight excluding hydrogens is 460 g/mol. The van der Waals surface area contributed by atoms with Gasteiger partial charge in [0.25, 0.3) is 0 Å². The summed E-state index contributed by atoms with van der Waals surface area (Å²) in [7, 11) is 1.68. The number of benzene rings is 1. The highest BCUT2D eigenvalue weighted by Gasteiger charge is 2.22. The van der Waals surface area contributed by atoms with E-state index in [0.717, 1.165) is 70.5 Å². The van der Waals surface area contributed by atoms with Gasteiger partial charge in [0.15, 0.2) is 5.16 Å². The lowest BCUT2D eigenvalue weighted by molar-refractivity contribution is -0.130. The normalized spacial score (nSPS) is 17.4. The third-order valence-corrected chi connectivity index (χ3v) is 7.22. The van der Waals surface area contributed by atoms with E-state index in [2.05, 4.69) is 38.7 Å². The van der Waals surface area contributed by atoms with E-state index < -0.39 is 0 Å². The predicted octanol–water partition coefficient (Wildman–Crippen LogP) is 2.72. The third-order valence-electron chi connectivity index (χ3n) is 6.20. The number of ether oxygens (including phenoxy) is 1. The van der Waals surface area contributed by atoms with Gasteiger partial charge in [-0.15, -0.1) is 0 Å². The van der Waals surface area contributed by atoms with Gasteiger partial charge in [-0.3, -0.25) is 4.79 Å². The first-order valence-corrected chi connectivity index (χ1v) is 12.7. The molecule has 1 amide bonds. The minimum Gasteiger partial charge on any atom is -0.497 e. The minimum atomic E-state index is 0.133. The maximum atomic E-state index is 12.6. The molecule has 2 saturated heterocycles. The number of amides is 1. The number of thioether (sulfide) groups is 1. The number of carbonyl (C=O) groups excluding carboxylic acids is 1. The monoisotopic (exact) mass is 490 g/mol. The summed E-state index contributed by atoms with van der Waals surface area (Å²) in [5.41, 5.74) is 1.19. The number of hydrogen-bond donors (Lipinski definition) is 0. The number of hydrogen-bond acceptors (Lipinski definition) is 8. The summed E-state index contributed by atoms with van der Waals surface area (Å²) in [5, 5.41) is 0.958. The second kappa shape index (κ2) is 11.3. The zero-order chi connectivity index (χ0) is 23.2. The van der Waals surface area contributed by atoms with Crippen LogP contribution in [0.2, 0.25) is 5.15 Å². The molecule has 4 rings (SSSR count). The number of rotatable bonds is 7. The lowest BCUT2D eigenvalue weighted by atomic mass is 10.2. The average Bonchev–Trinajstić information content (AvgIpc) is 2.87. The SMILES string of the molecule is CCN1CCN(C(=O)CSc2nc(Cl)cc(N3CCN(c4ccc(OC)cc4)CC3)n2)CC1. The Labute approximate surface area is 204 Å². The van der Waals surface area contributed by atoms with E-state index in [-0.39, 0.29) is 5.91 Å². The van der Waals surface area contributed by atoms with Gasteiger partial charge in [-0.2, -0.15) is 0 Å². The Morgan fingerprint density at radius 3 is 2.30 bits per heavy atom. The number of halogens is 1. The van der Waals surface area contributed by atoms with E-state index in [1.54, 1.807) is 13.2 Å². The van der Waals surface area contributed by atoms with Gasteiger partial charge in [0.05, 0.1) is 12.9 Å². The molecule has 1 aromatic carbocycles. The Kier molecular flexibility index (Phi) is 8.16. The summed E-state index contributed by atoms with van der Waals surface area (Å²) >= 11 is 7.67. The molecule has 0 unspecified atom stereocenters. The number of methoxy groups -OCH3 is 1. The number of piperazine rings is 2. The summed E-state index contributed by atoms with van der Waals surface area (Å²) in [5.74, 6) is 2.14. The quantitative estimate of drug-likeness (QED) is 0.333. The van der Waals surface area contributed by atoms with Crippen molar-refractivity contribution in [1.82, 2.24) is 19.8 Å². The number of nitrogens with zero attached hydrogens (tertiary/aromatic N) is 6. The fourth-order valence-corrected chi connectivity index (χ4v) is 5.11. The number of aromatic nitrogens is 2. The van der Waals surface area contributed by atoms with E-state index in [4.69, 9.17) is 21.3 Å². The molecule has 0 N–H and O–H groups in total. The molecule has 2 aliphatic rings. The maximum absolute atomic E-state index is 12.6. The zero-order valence-corrected chi connectivity index (χ0v) is 20.8. The Hall–Kier alpha value is -2.23. The van der Waals surface area contributed by atoms with Crippen LogP contribution >= 0.6 is 23.4 Å². The van der Waals surface area contributed by atoms with Crippen molar-refractivity contribution >= 4 is 40.8 Å². The van der Waals surface area contributed by atoms with Crippen LogP contribution in [0.4, 0.5) is 11.5 Å². The fourth-order valence-electron chi connectivity index (χ4n) is 4.13. The van der Waals surface area contributed by atoms with Gasteiger partial charge in [0.2, 0.25) is 5.91 Å². The summed E-state index contributed by atoms with van der Waals surface area (Å²) in [4.78, 5) is 30.5. The van der Waals surface area contributed by atoms with Crippen molar-refractivity contribution in [2.45, 2.75) is 12.1 Å². The second-order valence-electron chi connectivity index (χ2n) is 8.11. The largest absolute Gasteiger partial charge is 0.497 e. The van der Waals surface area contributed by atoms with Crippen LogP contribution in [0.5, 0.6) is 5.75 Å². The van der Waals surface area contributed by atoms with Gasteiger partial charge in [0, 0.05) is 64.1 Å². The predicted molar refractivity (Wildman–Crippen MR) is 134 cm³/mol. The molecule has 2 aromatic rings. The molecule has 0 atom stereocenters. The molecule has 0 bridgehead atoms. The summed E-state index contributed by atoms with van der Waals surface area (Å²) in [6.45, 7) is 10.1. The first kappa shape index (κ1) is 23.9. The molecule has 2 aliphatic heterocycles. The van der Waals surface area contributed by atoms with E-state index >= 15 is 0 Å². The van der Waals surface area contributed by atoms with Gasteiger partial charge >= 0.3 is 0 Å². The Bertz CT molecular complexity index is 931. The smallest absolute Gasteiger partial charge is 0.233 e. The van der Waals surface area contributed by atoms with Crippen molar-refractivity contribution in [3.63, 3.8) is 0 Å². The highest BCUT2D eigenvalue weighted by Crippen LogP contribution is 2.25. The topological polar surface area (TPSA) is 65.0 Å². The molecule has 1 aromatic heterocycles. The molecule has 0 radical (unpaired) electrons. The molecular formula is C23H31ClN6O2S. The lowest BCUT2D eigenvalue weighted by Gasteiger charge is -2.36. The van der Waals surface area contributed by atoms with Crippen LogP contribution < -0.4 is 14.5 Å². The summed E-state index contributed by atoms with van der Waals surface area (Å²) in [6, 6.07) is 9.95. The molecule has 2 fully saturated rings. The van der Waals surface area contributed by atoms with Crippen molar-refractivity contribution in [2.24, 2.45) is 0 Å². The van der Waals surface area contributed by atoms with Crippen LogP contribution in [0.15, 0.2) is 35.5 Å². The zero-order valence-electron chi connectivity index (χ0n) is 19.2. The van der Waals surface area contributed by atoms with Gasteiger partial charge in [-0.05, 0) is 30.8 Å². The average molecular weight is 491 g/mol. The van der Waals surface area contributed by atoms with Gasteiger partial charge in [-0.1, -0.05) is 30.3 Å². The third kappa shape index (κ3) is 6.22. The molecule has 10 heteroatoms. The highest BCUT2D eigenvalue weighted by atomic mass is 35.5. The van der Waals surface area contributed by atoms with Crippen molar-refractivity contribution in [2.75, 3.05) is 81.6 Å². The standard InChI is InChI=1S/C23H31ClN6O2S/c1-3-27-8-10-30(11-9-27)22(31)17-33-23-25-20(24)16-21(26-23)29-14-12-28(13-15-29)18-4-6-19(32-2)7-5-18/h4-7,16H,3,8-15,17H2,1-2H3. The van der Waals surface area contributed by atoms with E-state index in [1.807, 2.05) is 17.0 Å². The lowest BCUT2D eigenvalue weighted by Crippen LogP contribution is -2.49. The van der Waals surface area contributed by atoms with Crippen LogP contribution in [-0.2, 0) is 4.79 Å². The Morgan fingerprint density at radius 2 is 1.67 bits per heavy atom. The Morgan fingerprint density at radius 1 is 1.00 bits per heavy atom. The van der Waals surface area contributed by atoms with Crippen LogP contribution in [0.25, 0.3) is 0 Å².